The lowest BCUT2D eigenvalue weighted by Gasteiger charge is -2.15. The van der Waals surface area contributed by atoms with Crippen LogP contribution in [0.3, 0.4) is 0 Å². The van der Waals surface area contributed by atoms with E-state index in [0.29, 0.717) is 5.69 Å². The molecule has 0 aliphatic carbocycles. The largest absolute Gasteiger partial charge is 0.394 e. The minimum Gasteiger partial charge on any atom is -0.394 e. The summed E-state index contributed by atoms with van der Waals surface area (Å²) in [6.07, 6.45) is -1.50. The second kappa shape index (κ2) is 8.23. The number of carbonyl (C=O) groups is 1. The minimum absolute atomic E-state index is 0.0814. The molecule has 3 aromatic rings. The highest BCUT2D eigenvalue weighted by atomic mass is 16.5. The van der Waals surface area contributed by atoms with Gasteiger partial charge in [-0.1, -0.05) is 36.4 Å². The Balaban J connectivity index is 1.56. The van der Waals surface area contributed by atoms with E-state index < -0.39 is 42.2 Å². The fraction of sp³-hybridized carbons (Fsp3) is 0.286. The Labute approximate surface area is 170 Å². The predicted molar refractivity (Wildman–Crippen MR) is 109 cm³/mol. The van der Waals surface area contributed by atoms with Crippen molar-refractivity contribution in [3.05, 3.63) is 75.1 Å². The van der Waals surface area contributed by atoms with E-state index in [2.05, 4.69) is 10.3 Å². The van der Waals surface area contributed by atoms with Crippen molar-refractivity contribution in [1.82, 2.24) is 9.55 Å². The van der Waals surface area contributed by atoms with Crippen LogP contribution in [-0.2, 0) is 16.0 Å². The molecular weight excluding hydrogens is 390 g/mol. The number of anilines is 1. The molecular formula is C21H21N3O6. The maximum absolute atomic E-state index is 12.6. The van der Waals surface area contributed by atoms with Crippen LogP contribution in [0.2, 0.25) is 0 Å². The van der Waals surface area contributed by atoms with E-state index in [9.17, 15) is 24.6 Å². The summed E-state index contributed by atoms with van der Waals surface area (Å²) < 4.78 is 6.60. The van der Waals surface area contributed by atoms with Gasteiger partial charge in [-0.2, -0.15) is 0 Å². The highest BCUT2D eigenvalue weighted by Crippen LogP contribution is 2.27. The zero-order valence-electron chi connectivity index (χ0n) is 15.9. The number of amides is 1. The molecule has 4 rings (SSSR count). The summed E-state index contributed by atoms with van der Waals surface area (Å²) >= 11 is 0. The molecule has 0 spiro atoms. The Bertz CT molecular complexity index is 1200. The van der Waals surface area contributed by atoms with Crippen LogP contribution in [0.5, 0.6) is 0 Å². The van der Waals surface area contributed by atoms with Gasteiger partial charge in [-0.3, -0.25) is 19.1 Å². The van der Waals surface area contributed by atoms with Gasteiger partial charge < -0.3 is 20.3 Å². The molecule has 1 unspecified atom stereocenters. The monoisotopic (exact) mass is 411 g/mol. The Morgan fingerprint density at radius 3 is 2.73 bits per heavy atom. The third kappa shape index (κ3) is 3.90. The van der Waals surface area contributed by atoms with Crippen molar-refractivity contribution in [2.24, 2.45) is 0 Å². The van der Waals surface area contributed by atoms with Crippen molar-refractivity contribution < 1.29 is 19.7 Å². The van der Waals surface area contributed by atoms with Gasteiger partial charge in [0.1, 0.15) is 12.3 Å². The third-order valence-corrected chi connectivity index (χ3v) is 5.15. The average Bonchev–Trinajstić information content (AvgIpc) is 3.10. The van der Waals surface area contributed by atoms with Crippen LogP contribution in [0.25, 0.3) is 10.8 Å². The molecule has 3 atom stereocenters. The molecule has 1 aromatic heterocycles. The summed E-state index contributed by atoms with van der Waals surface area (Å²) in [6, 6.07) is 13.1. The van der Waals surface area contributed by atoms with Crippen molar-refractivity contribution in [1.29, 1.82) is 0 Å². The van der Waals surface area contributed by atoms with E-state index in [4.69, 9.17) is 4.74 Å². The summed E-state index contributed by atoms with van der Waals surface area (Å²) in [6.45, 7) is -0.393. The normalized spacial score (nSPS) is 21.1. The van der Waals surface area contributed by atoms with Gasteiger partial charge in [0.25, 0.3) is 5.56 Å². The number of ether oxygens (including phenoxy) is 1. The van der Waals surface area contributed by atoms with Crippen LogP contribution in [0, 0.1) is 0 Å². The topological polar surface area (TPSA) is 134 Å². The molecule has 2 heterocycles. The second-order valence-electron chi connectivity index (χ2n) is 7.19. The van der Waals surface area contributed by atoms with E-state index in [-0.39, 0.29) is 18.4 Å². The van der Waals surface area contributed by atoms with Gasteiger partial charge in [0.05, 0.1) is 19.1 Å². The standard InChI is InChI=1S/C21H21N3O6/c25-11-17-16(26)9-19(30-17)24-10-13(20(28)23-21(24)29)8-18(27)22-15-7-3-5-12-4-1-2-6-14(12)15/h1-7,10,16-17,19,25-26H,8-9,11H2,(H,22,27)(H,23,28,29)/t16?,17-,19-/m0/s1. The van der Waals surface area contributed by atoms with E-state index in [1.165, 1.54) is 6.20 Å². The fourth-order valence-electron chi connectivity index (χ4n) is 3.62. The zero-order valence-corrected chi connectivity index (χ0v) is 15.9. The summed E-state index contributed by atoms with van der Waals surface area (Å²) in [4.78, 5) is 39.2. The van der Waals surface area contributed by atoms with E-state index in [0.717, 1.165) is 15.3 Å². The number of aromatic amines is 1. The summed E-state index contributed by atoms with van der Waals surface area (Å²) in [5.41, 5.74) is -0.677. The SMILES string of the molecule is O=C(Cc1cn([C@@H]2CC(O)[C@H](CO)O2)c(=O)[nH]c1=O)Nc1cccc2ccccc12. The highest BCUT2D eigenvalue weighted by molar-refractivity contribution is 6.02. The number of aliphatic hydroxyl groups is 2. The van der Waals surface area contributed by atoms with E-state index >= 15 is 0 Å². The first-order valence-electron chi connectivity index (χ1n) is 9.52. The van der Waals surface area contributed by atoms with Crippen LogP contribution < -0.4 is 16.6 Å². The second-order valence-corrected chi connectivity index (χ2v) is 7.19. The number of nitrogens with one attached hydrogen (secondary N) is 2. The van der Waals surface area contributed by atoms with Crippen LogP contribution in [0.15, 0.2) is 58.3 Å². The Morgan fingerprint density at radius 2 is 1.97 bits per heavy atom. The smallest absolute Gasteiger partial charge is 0.330 e. The number of hydrogen-bond donors (Lipinski definition) is 4. The predicted octanol–water partition coefficient (Wildman–Crippen LogP) is 0.512. The lowest BCUT2D eigenvalue weighted by Crippen LogP contribution is -2.35. The molecule has 1 aliphatic heterocycles. The molecule has 1 aliphatic rings. The van der Waals surface area contributed by atoms with Crippen molar-refractivity contribution in [2.75, 3.05) is 11.9 Å². The van der Waals surface area contributed by atoms with E-state index in [1.807, 2.05) is 36.4 Å². The van der Waals surface area contributed by atoms with Gasteiger partial charge in [-0.15, -0.1) is 0 Å². The first kappa shape index (κ1) is 20.0. The first-order valence-corrected chi connectivity index (χ1v) is 9.52. The number of fused-ring (bicyclic) bond motifs is 1. The van der Waals surface area contributed by atoms with Gasteiger partial charge in [0, 0.05) is 29.3 Å². The van der Waals surface area contributed by atoms with Crippen LogP contribution in [0.1, 0.15) is 18.2 Å². The third-order valence-electron chi connectivity index (χ3n) is 5.15. The maximum Gasteiger partial charge on any atom is 0.330 e. The number of benzene rings is 2. The van der Waals surface area contributed by atoms with Gasteiger partial charge in [-0.25, -0.2) is 4.79 Å². The van der Waals surface area contributed by atoms with Crippen LogP contribution >= 0.6 is 0 Å². The molecule has 0 bridgehead atoms. The van der Waals surface area contributed by atoms with Gasteiger partial charge in [-0.05, 0) is 11.5 Å². The number of H-pyrrole nitrogens is 1. The van der Waals surface area contributed by atoms with Crippen molar-refractivity contribution >= 4 is 22.4 Å². The molecule has 30 heavy (non-hydrogen) atoms. The quantitative estimate of drug-likeness (QED) is 0.483. The zero-order chi connectivity index (χ0) is 21.3. The number of rotatable bonds is 5. The van der Waals surface area contributed by atoms with Crippen LogP contribution in [0.4, 0.5) is 5.69 Å². The number of hydrogen-bond acceptors (Lipinski definition) is 6. The summed E-state index contributed by atoms with van der Waals surface area (Å²) in [7, 11) is 0. The lowest BCUT2D eigenvalue weighted by molar-refractivity contribution is -0.115. The highest BCUT2D eigenvalue weighted by Gasteiger charge is 2.35. The Kier molecular flexibility index (Phi) is 5.49. The minimum atomic E-state index is -0.933. The molecule has 9 nitrogen and oxygen atoms in total. The number of aliphatic hydroxyl groups excluding tert-OH is 2. The molecule has 0 saturated carbocycles. The fourth-order valence-corrected chi connectivity index (χ4v) is 3.62. The lowest BCUT2D eigenvalue weighted by atomic mass is 10.1. The van der Waals surface area contributed by atoms with Gasteiger partial charge >= 0.3 is 5.69 Å². The van der Waals surface area contributed by atoms with Crippen molar-refractivity contribution in [2.45, 2.75) is 31.3 Å². The first-order chi connectivity index (χ1) is 14.5. The van der Waals surface area contributed by atoms with Crippen molar-refractivity contribution in [3.63, 3.8) is 0 Å². The average molecular weight is 411 g/mol. The Hall–Kier alpha value is -3.27. The molecule has 1 fully saturated rings. The molecule has 1 amide bonds. The van der Waals surface area contributed by atoms with Crippen LogP contribution in [-0.4, -0.2) is 44.5 Å². The molecule has 1 saturated heterocycles. The summed E-state index contributed by atoms with van der Waals surface area (Å²) in [5.74, 6) is -0.414. The molecule has 0 radical (unpaired) electrons. The van der Waals surface area contributed by atoms with Gasteiger partial charge in [0.2, 0.25) is 5.91 Å². The molecule has 2 aromatic carbocycles. The van der Waals surface area contributed by atoms with E-state index in [1.54, 1.807) is 6.07 Å². The number of nitrogens with zero attached hydrogens (tertiary/aromatic N) is 1. The van der Waals surface area contributed by atoms with Crippen molar-refractivity contribution in [3.8, 4) is 0 Å². The number of carbonyl (C=O) groups excluding carboxylic acids is 1. The summed E-state index contributed by atoms with van der Waals surface area (Å²) in [5, 5.41) is 23.8. The molecule has 9 heteroatoms. The number of aromatic nitrogens is 2. The molecule has 156 valence electrons. The maximum atomic E-state index is 12.6. The van der Waals surface area contributed by atoms with Gasteiger partial charge in [0.15, 0.2) is 0 Å². The Morgan fingerprint density at radius 1 is 1.20 bits per heavy atom. The molecule has 4 N–H and O–H groups in total.